The lowest BCUT2D eigenvalue weighted by Gasteiger charge is -2.06. The first-order chi connectivity index (χ1) is 6.16. The van der Waals surface area contributed by atoms with E-state index in [0.29, 0.717) is 17.9 Å². The highest BCUT2D eigenvalue weighted by molar-refractivity contribution is 5.92. The van der Waals surface area contributed by atoms with Crippen molar-refractivity contribution in [2.24, 2.45) is 0 Å². The molecule has 1 rings (SSSR count). The zero-order chi connectivity index (χ0) is 9.84. The van der Waals surface area contributed by atoms with Gasteiger partial charge in [-0.15, -0.1) is 0 Å². The van der Waals surface area contributed by atoms with Crippen molar-refractivity contribution in [3.05, 3.63) is 29.3 Å². The molecule has 3 nitrogen and oxygen atoms in total. The second kappa shape index (κ2) is 3.94. The third-order valence-electron chi connectivity index (χ3n) is 1.87. The molecule has 13 heavy (non-hydrogen) atoms. The summed E-state index contributed by atoms with van der Waals surface area (Å²) in [5.74, 6) is -0.313. The molecule has 0 spiro atoms. The zero-order valence-corrected chi connectivity index (χ0v) is 7.83. The van der Waals surface area contributed by atoms with Crippen molar-refractivity contribution >= 4 is 11.7 Å². The van der Waals surface area contributed by atoms with E-state index >= 15 is 0 Å². The van der Waals surface area contributed by atoms with Gasteiger partial charge in [0.1, 0.15) is 0 Å². The minimum absolute atomic E-state index is 0.313. The fourth-order valence-corrected chi connectivity index (χ4v) is 1.08. The van der Waals surface area contributed by atoms with Gasteiger partial charge >= 0.3 is 5.97 Å². The van der Waals surface area contributed by atoms with E-state index in [-0.39, 0.29) is 5.97 Å². The summed E-state index contributed by atoms with van der Waals surface area (Å²) in [6, 6.07) is 5.22. The molecule has 1 aromatic rings. The molecule has 0 radical (unpaired) electrons. The van der Waals surface area contributed by atoms with E-state index in [1.54, 1.807) is 25.1 Å². The van der Waals surface area contributed by atoms with E-state index in [0.717, 1.165) is 5.56 Å². The highest BCUT2D eigenvalue weighted by Crippen LogP contribution is 2.16. The number of carbonyl (C=O) groups excluding carboxylic acids is 1. The van der Waals surface area contributed by atoms with Gasteiger partial charge in [-0.25, -0.2) is 4.79 Å². The van der Waals surface area contributed by atoms with Crippen LogP contribution in [0.5, 0.6) is 0 Å². The molecular weight excluding hydrogens is 166 g/mol. The normalized spacial score (nSPS) is 9.69. The predicted molar refractivity (Wildman–Crippen MR) is 51.5 cm³/mol. The lowest BCUT2D eigenvalue weighted by Crippen LogP contribution is -2.07. The number of nitrogen functional groups attached to an aromatic ring is 1. The average Bonchev–Trinajstić information content (AvgIpc) is 2.10. The Bertz CT molecular complexity index is 321. The summed E-state index contributed by atoms with van der Waals surface area (Å²) in [6.07, 6.45) is 0. The van der Waals surface area contributed by atoms with E-state index in [1.807, 2.05) is 6.92 Å². The Labute approximate surface area is 77.5 Å². The second-order valence-electron chi connectivity index (χ2n) is 2.74. The van der Waals surface area contributed by atoms with Gasteiger partial charge in [-0.2, -0.15) is 0 Å². The Morgan fingerprint density at radius 3 is 2.85 bits per heavy atom. The molecule has 2 N–H and O–H groups in total. The monoisotopic (exact) mass is 179 g/mol. The Hall–Kier alpha value is -1.51. The summed E-state index contributed by atoms with van der Waals surface area (Å²) >= 11 is 0. The molecule has 0 aromatic heterocycles. The fourth-order valence-electron chi connectivity index (χ4n) is 1.08. The van der Waals surface area contributed by atoms with Crippen molar-refractivity contribution in [2.75, 3.05) is 12.3 Å². The molecule has 0 saturated heterocycles. The summed E-state index contributed by atoms with van der Waals surface area (Å²) in [5, 5.41) is 0. The lowest BCUT2D eigenvalue weighted by molar-refractivity contribution is 0.0525. The van der Waals surface area contributed by atoms with Crippen LogP contribution in [0, 0.1) is 6.92 Å². The van der Waals surface area contributed by atoms with E-state index in [9.17, 15) is 4.79 Å². The number of esters is 1. The number of carbonyl (C=O) groups is 1. The standard InChI is InChI=1S/C10H13NO2/c1-3-13-10(12)8-5-4-6-9(11)7(8)2/h4-6H,3,11H2,1-2H3. The summed E-state index contributed by atoms with van der Waals surface area (Å²) in [7, 11) is 0. The van der Waals surface area contributed by atoms with Gasteiger partial charge in [0.15, 0.2) is 0 Å². The quantitative estimate of drug-likeness (QED) is 0.556. The van der Waals surface area contributed by atoms with Crippen LogP contribution >= 0.6 is 0 Å². The highest BCUT2D eigenvalue weighted by atomic mass is 16.5. The molecular formula is C10H13NO2. The Kier molecular flexibility index (Phi) is 2.90. The zero-order valence-electron chi connectivity index (χ0n) is 7.83. The van der Waals surface area contributed by atoms with Crippen LogP contribution in [0.1, 0.15) is 22.8 Å². The summed E-state index contributed by atoms with van der Waals surface area (Å²) < 4.78 is 4.87. The van der Waals surface area contributed by atoms with E-state index in [2.05, 4.69) is 0 Å². The Morgan fingerprint density at radius 2 is 2.23 bits per heavy atom. The van der Waals surface area contributed by atoms with Crippen LogP contribution in [0.25, 0.3) is 0 Å². The molecule has 70 valence electrons. The van der Waals surface area contributed by atoms with Gasteiger partial charge < -0.3 is 10.5 Å². The number of rotatable bonds is 2. The number of hydrogen-bond acceptors (Lipinski definition) is 3. The Morgan fingerprint density at radius 1 is 1.54 bits per heavy atom. The van der Waals surface area contributed by atoms with E-state index in [4.69, 9.17) is 10.5 Å². The van der Waals surface area contributed by atoms with Crippen LogP contribution in [-0.4, -0.2) is 12.6 Å². The van der Waals surface area contributed by atoms with Crippen molar-refractivity contribution in [1.29, 1.82) is 0 Å². The van der Waals surface area contributed by atoms with Gasteiger partial charge in [0.05, 0.1) is 12.2 Å². The number of hydrogen-bond donors (Lipinski definition) is 1. The van der Waals surface area contributed by atoms with Crippen LogP contribution < -0.4 is 5.73 Å². The lowest BCUT2D eigenvalue weighted by atomic mass is 10.1. The average molecular weight is 179 g/mol. The first-order valence-corrected chi connectivity index (χ1v) is 4.19. The van der Waals surface area contributed by atoms with Crippen LogP contribution in [0.3, 0.4) is 0 Å². The fraction of sp³-hybridized carbons (Fsp3) is 0.300. The maximum absolute atomic E-state index is 11.3. The van der Waals surface area contributed by atoms with Crippen molar-refractivity contribution in [3.8, 4) is 0 Å². The van der Waals surface area contributed by atoms with Crippen LogP contribution in [0.15, 0.2) is 18.2 Å². The maximum atomic E-state index is 11.3. The van der Waals surface area contributed by atoms with Crippen LogP contribution in [-0.2, 0) is 4.74 Å². The summed E-state index contributed by atoms with van der Waals surface area (Å²) in [4.78, 5) is 11.3. The first kappa shape index (κ1) is 9.58. The molecule has 0 bridgehead atoms. The molecule has 3 heteroatoms. The van der Waals surface area contributed by atoms with Gasteiger partial charge in [-0.05, 0) is 31.5 Å². The van der Waals surface area contributed by atoms with Gasteiger partial charge in [-0.3, -0.25) is 0 Å². The number of anilines is 1. The van der Waals surface area contributed by atoms with Gasteiger partial charge in [-0.1, -0.05) is 6.07 Å². The number of nitrogens with two attached hydrogens (primary N) is 1. The topological polar surface area (TPSA) is 52.3 Å². The molecule has 0 saturated carbocycles. The maximum Gasteiger partial charge on any atom is 0.338 e. The van der Waals surface area contributed by atoms with Gasteiger partial charge in [0.25, 0.3) is 0 Å². The molecule has 0 aliphatic rings. The molecule has 1 aromatic carbocycles. The number of ether oxygens (including phenoxy) is 1. The molecule has 0 fully saturated rings. The minimum atomic E-state index is -0.313. The van der Waals surface area contributed by atoms with Crippen molar-refractivity contribution in [2.45, 2.75) is 13.8 Å². The SMILES string of the molecule is CCOC(=O)c1cccc(N)c1C. The largest absolute Gasteiger partial charge is 0.462 e. The third kappa shape index (κ3) is 1.99. The second-order valence-corrected chi connectivity index (χ2v) is 2.74. The molecule has 0 atom stereocenters. The van der Waals surface area contributed by atoms with Crippen molar-refractivity contribution in [3.63, 3.8) is 0 Å². The molecule has 0 aliphatic heterocycles. The van der Waals surface area contributed by atoms with Crippen LogP contribution in [0.2, 0.25) is 0 Å². The first-order valence-electron chi connectivity index (χ1n) is 4.19. The van der Waals surface area contributed by atoms with Crippen LogP contribution in [0.4, 0.5) is 5.69 Å². The smallest absolute Gasteiger partial charge is 0.338 e. The molecule has 0 unspecified atom stereocenters. The van der Waals surface area contributed by atoms with Gasteiger partial charge in [0.2, 0.25) is 0 Å². The van der Waals surface area contributed by atoms with Crippen molar-refractivity contribution < 1.29 is 9.53 Å². The Balaban J connectivity index is 3.01. The predicted octanol–water partition coefficient (Wildman–Crippen LogP) is 1.75. The molecule has 0 amide bonds. The molecule has 0 heterocycles. The number of benzene rings is 1. The summed E-state index contributed by atoms with van der Waals surface area (Å²) in [5.41, 5.74) is 7.59. The molecule has 0 aliphatic carbocycles. The van der Waals surface area contributed by atoms with E-state index < -0.39 is 0 Å². The highest BCUT2D eigenvalue weighted by Gasteiger charge is 2.10. The van der Waals surface area contributed by atoms with Crippen molar-refractivity contribution in [1.82, 2.24) is 0 Å². The summed E-state index contributed by atoms with van der Waals surface area (Å²) in [6.45, 7) is 3.97. The third-order valence-corrected chi connectivity index (χ3v) is 1.87. The van der Waals surface area contributed by atoms with Gasteiger partial charge in [0, 0.05) is 5.69 Å². The van der Waals surface area contributed by atoms with E-state index in [1.165, 1.54) is 0 Å². The minimum Gasteiger partial charge on any atom is -0.462 e.